The molecule has 0 bridgehead atoms. The number of methoxy groups -OCH3 is 2. The van der Waals surface area contributed by atoms with Gasteiger partial charge in [-0.25, -0.2) is 13.9 Å². The molecule has 0 radical (unpaired) electrons. The first kappa shape index (κ1) is 24.2. The van der Waals surface area contributed by atoms with Gasteiger partial charge < -0.3 is 14.8 Å². The van der Waals surface area contributed by atoms with Crippen molar-refractivity contribution in [3.8, 4) is 22.8 Å². The van der Waals surface area contributed by atoms with Crippen LogP contribution in [-0.4, -0.2) is 41.3 Å². The number of fused-ring (bicyclic) bond motifs is 1. The van der Waals surface area contributed by atoms with Gasteiger partial charge in [-0.05, 0) is 54.4 Å². The number of hydrogen-bond donors (Lipinski definition) is 1. The normalized spacial score (nSPS) is 11.5. The van der Waals surface area contributed by atoms with E-state index in [4.69, 9.17) is 9.47 Å². The summed E-state index contributed by atoms with van der Waals surface area (Å²) in [7, 11) is 3.18. The van der Waals surface area contributed by atoms with Crippen molar-refractivity contribution in [2.75, 3.05) is 20.8 Å². The zero-order chi connectivity index (χ0) is 25.2. The molecule has 2 aromatic carbocycles. The number of nitrogens with one attached hydrogen (secondary N) is 1. The standard InChI is InChI=1S/C27H29FN4O3/c1-27(2,3)24-16-25-30-20(18-7-9-19(28)10-8-18)15-21(32(25)31-24)26(33)29-13-12-17-6-11-22(34-4)23(14-17)35-5/h6-11,14-16H,12-13H2,1-5H3,(H,29,33). The van der Waals surface area contributed by atoms with E-state index >= 15 is 0 Å². The Morgan fingerprint density at radius 3 is 2.37 bits per heavy atom. The Morgan fingerprint density at radius 1 is 1.00 bits per heavy atom. The molecule has 0 aliphatic carbocycles. The minimum absolute atomic E-state index is 0.217. The van der Waals surface area contributed by atoms with Crippen LogP contribution in [0.15, 0.2) is 54.6 Å². The number of nitrogens with zero attached hydrogens (tertiary/aromatic N) is 3. The minimum Gasteiger partial charge on any atom is -0.493 e. The van der Waals surface area contributed by atoms with Gasteiger partial charge in [-0.3, -0.25) is 4.79 Å². The van der Waals surface area contributed by atoms with Crippen LogP contribution in [0.2, 0.25) is 0 Å². The third-order valence-electron chi connectivity index (χ3n) is 5.72. The van der Waals surface area contributed by atoms with Crippen LogP contribution in [0, 0.1) is 5.82 Å². The number of halogens is 1. The van der Waals surface area contributed by atoms with E-state index in [-0.39, 0.29) is 17.1 Å². The topological polar surface area (TPSA) is 77.8 Å². The van der Waals surface area contributed by atoms with Gasteiger partial charge in [0.2, 0.25) is 0 Å². The highest BCUT2D eigenvalue weighted by atomic mass is 19.1. The highest BCUT2D eigenvalue weighted by molar-refractivity contribution is 5.94. The number of carbonyl (C=O) groups excluding carboxylic acids is 1. The van der Waals surface area contributed by atoms with Crippen molar-refractivity contribution >= 4 is 11.6 Å². The molecule has 1 N–H and O–H groups in total. The molecular formula is C27H29FN4O3. The number of benzene rings is 2. The van der Waals surface area contributed by atoms with Crippen LogP contribution in [0.5, 0.6) is 11.5 Å². The van der Waals surface area contributed by atoms with Crippen molar-refractivity contribution in [3.05, 3.63) is 77.4 Å². The Kier molecular flexibility index (Phi) is 6.73. The number of hydrogen-bond acceptors (Lipinski definition) is 5. The summed E-state index contributed by atoms with van der Waals surface area (Å²) in [5.41, 5.74) is 3.81. The largest absolute Gasteiger partial charge is 0.493 e. The smallest absolute Gasteiger partial charge is 0.270 e. The van der Waals surface area contributed by atoms with Crippen LogP contribution in [0.1, 0.15) is 42.5 Å². The Labute approximate surface area is 203 Å². The fraction of sp³-hybridized carbons (Fsp3) is 0.296. The first-order valence-electron chi connectivity index (χ1n) is 11.4. The Bertz CT molecular complexity index is 1360. The Hall–Kier alpha value is -3.94. The lowest BCUT2D eigenvalue weighted by molar-refractivity contribution is 0.0946. The third-order valence-corrected chi connectivity index (χ3v) is 5.72. The van der Waals surface area contributed by atoms with Crippen molar-refractivity contribution in [3.63, 3.8) is 0 Å². The highest BCUT2D eigenvalue weighted by Crippen LogP contribution is 2.28. The molecule has 0 aliphatic rings. The van der Waals surface area contributed by atoms with E-state index in [1.807, 2.05) is 24.3 Å². The molecule has 0 aliphatic heterocycles. The summed E-state index contributed by atoms with van der Waals surface area (Å²) >= 11 is 0. The quantitative estimate of drug-likeness (QED) is 0.414. The molecule has 0 saturated heterocycles. The van der Waals surface area contributed by atoms with Crippen LogP contribution in [0.25, 0.3) is 16.9 Å². The third kappa shape index (κ3) is 5.26. The van der Waals surface area contributed by atoms with Gasteiger partial charge in [0.1, 0.15) is 11.5 Å². The van der Waals surface area contributed by atoms with Crippen molar-refractivity contribution in [2.45, 2.75) is 32.6 Å². The zero-order valence-corrected chi connectivity index (χ0v) is 20.6. The molecule has 7 nitrogen and oxygen atoms in total. The molecule has 35 heavy (non-hydrogen) atoms. The zero-order valence-electron chi connectivity index (χ0n) is 20.6. The minimum atomic E-state index is -0.331. The van der Waals surface area contributed by atoms with E-state index in [0.717, 1.165) is 11.3 Å². The molecule has 4 rings (SSSR count). The maximum atomic E-state index is 13.5. The summed E-state index contributed by atoms with van der Waals surface area (Å²) in [6.45, 7) is 6.58. The average Bonchev–Trinajstić information content (AvgIpc) is 3.28. The first-order chi connectivity index (χ1) is 16.7. The van der Waals surface area contributed by atoms with Gasteiger partial charge in [-0.1, -0.05) is 26.8 Å². The molecule has 0 saturated carbocycles. The summed E-state index contributed by atoms with van der Waals surface area (Å²) < 4.78 is 25.7. The van der Waals surface area contributed by atoms with Crippen molar-refractivity contribution in [1.82, 2.24) is 19.9 Å². The van der Waals surface area contributed by atoms with Crippen LogP contribution in [0.3, 0.4) is 0 Å². The monoisotopic (exact) mass is 476 g/mol. The van der Waals surface area contributed by atoms with Gasteiger partial charge in [0.25, 0.3) is 5.91 Å². The lowest BCUT2D eigenvalue weighted by Gasteiger charge is -2.14. The summed E-state index contributed by atoms with van der Waals surface area (Å²) in [6.07, 6.45) is 0.609. The number of carbonyl (C=O) groups is 1. The maximum Gasteiger partial charge on any atom is 0.270 e. The number of amides is 1. The maximum absolute atomic E-state index is 13.5. The molecule has 4 aromatic rings. The molecule has 2 aromatic heterocycles. The van der Waals surface area contributed by atoms with Gasteiger partial charge in [0.05, 0.1) is 25.6 Å². The second kappa shape index (κ2) is 9.74. The van der Waals surface area contributed by atoms with E-state index in [0.29, 0.717) is 47.1 Å². The van der Waals surface area contributed by atoms with Crippen LogP contribution in [0.4, 0.5) is 4.39 Å². The van der Waals surface area contributed by atoms with E-state index in [1.54, 1.807) is 36.9 Å². The summed E-state index contributed by atoms with van der Waals surface area (Å²) in [5, 5.41) is 7.65. The van der Waals surface area contributed by atoms with E-state index in [2.05, 4.69) is 36.2 Å². The molecule has 0 fully saturated rings. The van der Waals surface area contributed by atoms with Gasteiger partial charge in [0.15, 0.2) is 17.1 Å². The summed E-state index contributed by atoms with van der Waals surface area (Å²) in [6, 6.07) is 15.3. The van der Waals surface area contributed by atoms with E-state index < -0.39 is 0 Å². The van der Waals surface area contributed by atoms with Gasteiger partial charge >= 0.3 is 0 Å². The number of aromatic nitrogens is 3. The predicted molar refractivity (Wildman–Crippen MR) is 133 cm³/mol. The number of rotatable bonds is 7. The van der Waals surface area contributed by atoms with Crippen molar-refractivity contribution in [2.24, 2.45) is 0 Å². The molecule has 0 spiro atoms. The summed E-state index contributed by atoms with van der Waals surface area (Å²) in [5.74, 6) is 0.690. The lowest BCUT2D eigenvalue weighted by Crippen LogP contribution is -2.28. The van der Waals surface area contributed by atoms with Crippen molar-refractivity contribution in [1.29, 1.82) is 0 Å². The van der Waals surface area contributed by atoms with Crippen LogP contribution >= 0.6 is 0 Å². The van der Waals surface area contributed by atoms with Crippen LogP contribution in [-0.2, 0) is 11.8 Å². The van der Waals surface area contributed by atoms with E-state index in [1.165, 1.54) is 12.1 Å². The first-order valence-corrected chi connectivity index (χ1v) is 11.4. The molecule has 0 unspecified atom stereocenters. The molecule has 2 heterocycles. The fourth-order valence-corrected chi connectivity index (χ4v) is 3.72. The fourth-order valence-electron chi connectivity index (χ4n) is 3.72. The second-order valence-electron chi connectivity index (χ2n) is 9.28. The molecular weight excluding hydrogens is 447 g/mol. The predicted octanol–water partition coefficient (Wildman–Crippen LogP) is 4.82. The van der Waals surface area contributed by atoms with Gasteiger partial charge in [-0.2, -0.15) is 5.10 Å². The molecule has 1 amide bonds. The van der Waals surface area contributed by atoms with Gasteiger partial charge in [-0.15, -0.1) is 0 Å². The molecule has 8 heteroatoms. The average molecular weight is 477 g/mol. The molecule has 182 valence electrons. The van der Waals surface area contributed by atoms with Gasteiger partial charge in [0, 0.05) is 23.6 Å². The Balaban J connectivity index is 1.62. The van der Waals surface area contributed by atoms with E-state index in [9.17, 15) is 9.18 Å². The second-order valence-corrected chi connectivity index (χ2v) is 9.28. The number of ether oxygens (including phenoxy) is 2. The lowest BCUT2D eigenvalue weighted by atomic mass is 9.93. The van der Waals surface area contributed by atoms with Crippen molar-refractivity contribution < 1.29 is 18.7 Å². The Morgan fingerprint density at radius 2 is 1.71 bits per heavy atom. The highest BCUT2D eigenvalue weighted by Gasteiger charge is 2.22. The SMILES string of the molecule is COc1ccc(CCNC(=O)c2cc(-c3ccc(F)cc3)nc3cc(C(C)(C)C)nn23)cc1OC. The van der Waals surface area contributed by atoms with Crippen LogP contribution < -0.4 is 14.8 Å². The summed E-state index contributed by atoms with van der Waals surface area (Å²) in [4.78, 5) is 18.0. The molecule has 0 atom stereocenters.